The monoisotopic (exact) mass is 839 g/mol. The molecule has 0 aromatic heterocycles. The van der Waals surface area contributed by atoms with E-state index in [2.05, 4.69) is 81.5 Å². The highest BCUT2D eigenvalue weighted by Gasteiger charge is 2.17. The maximum Gasteiger partial charge on any atom is 0.306 e. The molecule has 0 saturated carbocycles. The van der Waals surface area contributed by atoms with E-state index in [9.17, 15) is 9.59 Å². The summed E-state index contributed by atoms with van der Waals surface area (Å²) in [6.07, 6.45) is 63.7. The molecule has 0 aromatic rings. The van der Waals surface area contributed by atoms with Crippen LogP contribution in [0.25, 0.3) is 0 Å². The van der Waals surface area contributed by atoms with Crippen LogP contribution < -0.4 is 0 Å². The van der Waals surface area contributed by atoms with Gasteiger partial charge in [0.25, 0.3) is 0 Å². The Labute approximate surface area is 373 Å². The van der Waals surface area contributed by atoms with Crippen molar-refractivity contribution >= 4 is 11.9 Å². The Balaban J connectivity index is 4.32. The van der Waals surface area contributed by atoms with E-state index in [-0.39, 0.29) is 25.2 Å². The molecule has 0 aliphatic rings. The molecule has 0 heterocycles. The molecular weight excluding hydrogens is 741 g/mol. The standard InChI is InChI=1S/C55H98O5/c1-4-7-10-13-16-19-22-25-27-29-32-35-38-41-44-47-50-58-51-53(52-59-54(56)48-45-42-39-36-33-30-24-21-18-15-12-9-6-3)60-55(57)49-46-43-40-37-34-31-28-26-23-20-17-14-11-8-5-2/h8,11,17,20-21,24,26,28,34,37,53H,4-7,9-10,12-16,18-19,22-23,25,27,29-33,35-36,38-52H2,1-3H3/b11-8-,20-17-,24-21-,28-26-,37-34-/t53-/m1/s1. The number of hydrogen-bond donors (Lipinski definition) is 0. The summed E-state index contributed by atoms with van der Waals surface area (Å²) < 4.78 is 17.4. The highest BCUT2D eigenvalue weighted by atomic mass is 16.6. The summed E-state index contributed by atoms with van der Waals surface area (Å²) in [4.78, 5) is 25.4. The molecular formula is C55H98O5. The number of hydrogen-bond acceptors (Lipinski definition) is 5. The summed E-state index contributed by atoms with van der Waals surface area (Å²) in [7, 11) is 0. The Bertz CT molecular complexity index is 1040. The van der Waals surface area contributed by atoms with Crippen LogP contribution in [0.5, 0.6) is 0 Å². The van der Waals surface area contributed by atoms with E-state index in [1.54, 1.807) is 0 Å². The smallest absolute Gasteiger partial charge is 0.306 e. The number of allylic oxidation sites excluding steroid dienone is 10. The number of unbranched alkanes of at least 4 members (excludes halogenated alkanes) is 26. The third-order valence-electron chi connectivity index (χ3n) is 11.0. The summed E-state index contributed by atoms with van der Waals surface area (Å²) in [5, 5.41) is 0. The van der Waals surface area contributed by atoms with Crippen molar-refractivity contribution in [3.05, 3.63) is 60.8 Å². The first-order valence-corrected chi connectivity index (χ1v) is 25.8. The molecule has 0 amide bonds. The van der Waals surface area contributed by atoms with Crippen molar-refractivity contribution in [1.82, 2.24) is 0 Å². The van der Waals surface area contributed by atoms with Crippen molar-refractivity contribution in [3.8, 4) is 0 Å². The van der Waals surface area contributed by atoms with Gasteiger partial charge < -0.3 is 14.2 Å². The van der Waals surface area contributed by atoms with Gasteiger partial charge in [0, 0.05) is 19.4 Å². The SMILES string of the molecule is CC/C=C\C/C=C\C/C=C\C/C=C\CCCCC(=O)O[C@H](COCCCCCCCCCCCCCCCCCC)COC(=O)CCCCCCC/C=C\CCCCCC. The van der Waals surface area contributed by atoms with E-state index in [4.69, 9.17) is 14.2 Å². The molecule has 1 atom stereocenters. The predicted octanol–water partition coefficient (Wildman–Crippen LogP) is 17.3. The third kappa shape index (κ3) is 48.3. The highest BCUT2D eigenvalue weighted by molar-refractivity contribution is 5.70. The fraction of sp³-hybridized carbons (Fsp3) is 0.782. The van der Waals surface area contributed by atoms with Gasteiger partial charge in [0.15, 0.2) is 6.10 Å². The minimum absolute atomic E-state index is 0.0657. The van der Waals surface area contributed by atoms with Crippen LogP contribution in [0.2, 0.25) is 0 Å². The zero-order valence-corrected chi connectivity index (χ0v) is 40.0. The molecule has 0 N–H and O–H groups in total. The quantitative estimate of drug-likeness (QED) is 0.0347. The van der Waals surface area contributed by atoms with Gasteiger partial charge in [-0.05, 0) is 83.5 Å². The highest BCUT2D eigenvalue weighted by Crippen LogP contribution is 2.15. The normalized spacial score (nSPS) is 12.7. The van der Waals surface area contributed by atoms with Gasteiger partial charge in [0.2, 0.25) is 0 Å². The maximum atomic E-state index is 12.8. The fourth-order valence-electron chi connectivity index (χ4n) is 7.20. The second-order valence-electron chi connectivity index (χ2n) is 17.0. The van der Waals surface area contributed by atoms with Crippen molar-refractivity contribution in [3.63, 3.8) is 0 Å². The molecule has 0 unspecified atom stereocenters. The van der Waals surface area contributed by atoms with Gasteiger partial charge in [0.1, 0.15) is 6.61 Å². The minimum atomic E-state index is -0.559. The van der Waals surface area contributed by atoms with Crippen molar-refractivity contribution in [1.29, 1.82) is 0 Å². The van der Waals surface area contributed by atoms with E-state index < -0.39 is 6.10 Å². The molecule has 5 nitrogen and oxygen atoms in total. The molecule has 60 heavy (non-hydrogen) atoms. The molecule has 0 rings (SSSR count). The van der Waals surface area contributed by atoms with Gasteiger partial charge >= 0.3 is 11.9 Å². The average molecular weight is 839 g/mol. The maximum absolute atomic E-state index is 12.8. The van der Waals surface area contributed by atoms with E-state index in [1.807, 2.05) is 0 Å². The first-order valence-electron chi connectivity index (χ1n) is 25.8. The Hall–Kier alpha value is -2.40. The van der Waals surface area contributed by atoms with Gasteiger partial charge in [-0.25, -0.2) is 0 Å². The molecule has 0 spiro atoms. The molecule has 0 aliphatic heterocycles. The first-order chi connectivity index (χ1) is 29.6. The number of esters is 2. The topological polar surface area (TPSA) is 61.8 Å². The van der Waals surface area contributed by atoms with Crippen LogP contribution in [-0.4, -0.2) is 37.9 Å². The Morgan fingerprint density at radius 3 is 1.27 bits per heavy atom. The molecule has 0 saturated heterocycles. The molecule has 0 radical (unpaired) electrons. The van der Waals surface area contributed by atoms with E-state index in [1.165, 1.54) is 135 Å². The molecule has 0 aromatic carbocycles. The predicted molar refractivity (Wildman–Crippen MR) is 261 cm³/mol. The third-order valence-corrected chi connectivity index (χ3v) is 11.0. The van der Waals surface area contributed by atoms with Crippen LogP contribution in [0.1, 0.15) is 252 Å². The van der Waals surface area contributed by atoms with Crippen molar-refractivity contribution < 1.29 is 23.8 Å². The second kappa shape index (κ2) is 51.0. The van der Waals surface area contributed by atoms with Gasteiger partial charge in [-0.1, -0.05) is 216 Å². The fourth-order valence-corrected chi connectivity index (χ4v) is 7.20. The first kappa shape index (κ1) is 57.6. The zero-order chi connectivity index (χ0) is 43.5. The van der Waals surface area contributed by atoms with E-state index >= 15 is 0 Å². The molecule has 348 valence electrons. The lowest BCUT2D eigenvalue weighted by atomic mass is 10.0. The minimum Gasteiger partial charge on any atom is -0.462 e. The van der Waals surface area contributed by atoms with Crippen LogP contribution in [0.3, 0.4) is 0 Å². The Morgan fingerprint density at radius 1 is 0.383 bits per heavy atom. The van der Waals surface area contributed by atoms with Gasteiger partial charge in [-0.15, -0.1) is 0 Å². The van der Waals surface area contributed by atoms with Gasteiger partial charge in [-0.3, -0.25) is 9.59 Å². The number of ether oxygens (including phenoxy) is 3. The van der Waals surface area contributed by atoms with Crippen LogP contribution >= 0.6 is 0 Å². The lowest BCUT2D eigenvalue weighted by Gasteiger charge is -2.18. The Kier molecular flexibility index (Phi) is 48.9. The summed E-state index contributed by atoms with van der Waals surface area (Å²) in [5.74, 6) is -0.448. The summed E-state index contributed by atoms with van der Waals surface area (Å²) >= 11 is 0. The molecule has 0 aliphatic carbocycles. The van der Waals surface area contributed by atoms with Crippen LogP contribution in [-0.2, 0) is 23.8 Å². The van der Waals surface area contributed by atoms with Crippen LogP contribution in [0, 0.1) is 0 Å². The summed E-state index contributed by atoms with van der Waals surface area (Å²) in [6.45, 7) is 7.67. The van der Waals surface area contributed by atoms with Gasteiger partial charge in [-0.2, -0.15) is 0 Å². The molecule has 5 heteroatoms. The number of carbonyl (C=O) groups excluding carboxylic acids is 2. The largest absolute Gasteiger partial charge is 0.462 e. The van der Waals surface area contributed by atoms with E-state index in [0.717, 1.165) is 83.5 Å². The summed E-state index contributed by atoms with van der Waals surface area (Å²) in [5.41, 5.74) is 0. The molecule has 0 fully saturated rings. The van der Waals surface area contributed by atoms with Crippen LogP contribution in [0.4, 0.5) is 0 Å². The van der Waals surface area contributed by atoms with Gasteiger partial charge in [0.05, 0.1) is 6.61 Å². The molecule has 0 bridgehead atoms. The van der Waals surface area contributed by atoms with Crippen LogP contribution in [0.15, 0.2) is 60.8 Å². The number of rotatable bonds is 47. The van der Waals surface area contributed by atoms with Crippen molar-refractivity contribution in [2.24, 2.45) is 0 Å². The lowest BCUT2D eigenvalue weighted by molar-refractivity contribution is -0.163. The number of carbonyl (C=O) groups is 2. The van der Waals surface area contributed by atoms with Crippen molar-refractivity contribution in [2.75, 3.05) is 19.8 Å². The average Bonchev–Trinajstić information content (AvgIpc) is 3.25. The summed E-state index contributed by atoms with van der Waals surface area (Å²) in [6, 6.07) is 0. The van der Waals surface area contributed by atoms with E-state index in [0.29, 0.717) is 19.4 Å². The Morgan fingerprint density at radius 2 is 0.750 bits per heavy atom. The lowest BCUT2D eigenvalue weighted by Crippen LogP contribution is -2.30. The second-order valence-corrected chi connectivity index (χ2v) is 17.0. The zero-order valence-electron chi connectivity index (χ0n) is 40.0. The van der Waals surface area contributed by atoms with Crippen molar-refractivity contribution in [2.45, 2.75) is 258 Å².